The second-order valence-electron chi connectivity index (χ2n) is 11.5. The molecule has 47 heavy (non-hydrogen) atoms. The topological polar surface area (TPSA) is 126 Å². The van der Waals surface area contributed by atoms with Gasteiger partial charge in [-0.25, -0.2) is 4.79 Å². The third kappa shape index (κ3) is 4.79. The first-order valence-corrected chi connectivity index (χ1v) is 15.0. The Kier molecular flexibility index (Phi) is 7.08. The van der Waals surface area contributed by atoms with Crippen LogP contribution in [0.1, 0.15) is 34.7 Å². The zero-order valence-electron chi connectivity index (χ0n) is 25.7. The highest BCUT2D eigenvalue weighted by molar-refractivity contribution is 6.14. The molecule has 242 valence electrons. The Labute approximate surface area is 268 Å². The molecule has 0 bridgehead atoms. The third-order valence-electron chi connectivity index (χ3n) is 8.77. The summed E-state index contributed by atoms with van der Waals surface area (Å²) in [6.07, 6.45) is -2.56. The molecule has 4 aromatic carbocycles. The molecule has 0 aliphatic carbocycles. The lowest BCUT2D eigenvalue weighted by Gasteiger charge is -2.26. The van der Waals surface area contributed by atoms with Gasteiger partial charge in [0.15, 0.2) is 41.0 Å². The fraction of sp³-hybridized carbons (Fsp3) is 0.314. The van der Waals surface area contributed by atoms with Crippen LogP contribution in [0.25, 0.3) is 21.9 Å². The molecule has 0 aromatic heterocycles. The normalized spacial score (nSPS) is 23.7. The van der Waals surface area contributed by atoms with Crippen molar-refractivity contribution in [3.63, 3.8) is 0 Å². The van der Waals surface area contributed by atoms with Gasteiger partial charge in [-0.2, -0.15) is 0 Å². The van der Waals surface area contributed by atoms with Crippen molar-refractivity contribution in [1.82, 2.24) is 0 Å². The van der Waals surface area contributed by atoms with Gasteiger partial charge >= 0.3 is 11.9 Å². The Morgan fingerprint density at radius 3 is 2.45 bits per heavy atom. The molecule has 4 heterocycles. The highest BCUT2D eigenvalue weighted by Crippen LogP contribution is 2.51. The fourth-order valence-electron chi connectivity index (χ4n) is 6.55. The zero-order valence-corrected chi connectivity index (χ0v) is 25.7. The smallest absolute Gasteiger partial charge is 0.339 e. The van der Waals surface area contributed by atoms with Gasteiger partial charge in [0.25, 0.3) is 0 Å². The van der Waals surface area contributed by atoms with Gasteiger partial charge in [0.1, 0.15) is 19.0 Å². The summed E-state index contributed by atoms with van der Waals surface area (Å²) in [4.78, 5) is 25.3. The van der Waals surface area contributed by atoms with Crippen molar-refractivity contribution in [2.75, 3.05) is 34.2 Å². The molecular formula is C35H30O12. The fourth-order valence-corrected chi connectivity index (χ4v) is 6.55. The number of rotatable bonds is 8. The minimum Gasteiger partial charge on any atom is -0.493 e. The van der Waals surface area contributed by atoms with Crippen LogP contribution in [0, 0.1) is 0 Å². The number of hydrogen-bond donors (Lipinski definition) is 0. The minimum absolute atomic E-state index is 0.0287. The van der Waals surface area contributed by atoms with Gasteiger partial charge in [0.05, 0.1) is 26.4 Å². The van der Waals surface area contributed by atoms with Gasteiger partial charge in [-0.3, -0.25) is 4.79 Å². The molecule has 4 aliphatic rings. The molecule has 0 N–H and O–H groups in total. The standard InChI is InChI=1S/C35H30O12/c1-18(36)41-15-35-16-42-34(31(35)46-33(47-35)19-7-5-4-6-8-19)45-30-22-13-26(39-3)25(38-2)12-21(22)28(29-23(30)14-40-32(29)37)20-9-10-24-27(11-20)44-17-43-24/h4-13,31,33-34H,14-17H2,1-3H3/t31-,33?,34-,35+/m0/s1. The molecule has 1 unspecified atom stereocenters. The minimum atomic E-state index is -1.14. The largest absolute Gasteiger partial charge is 0.493 e. The molecule has 12 nitrogen and oxygen atoms in total. The highest BCUT2D eigenvalue weighted by atomic mass is 16.8. The molecule has 12 heteroatoms. The molecule has 2 saturated heterocycles. The Morgan fingerprint density at radius 1 is 0.915 bits per heavy atom. The van der Waals surface area contributed by atoms with Crippen molar-refractivity contribution in [3.8, 4) is 39.9 Å². The molecule has 0 saturated carbocycles. The predicted octanol–water partition coefficient (Wildman–Crippen LogP) is 5.07. The maximum atomic E-state index is 13.5. The summed E-state index contributed by atoms with van der Waals surface area (Å²) in [5.74, 6) is 1.46. The number of esters is 2. The molecule has 0 spiro atoms. The van der Waals surface area contributed by atoms with Crippen molar-refractivity contribution in [2.24, 2.45) is 0 Å². The average molecular weight is 643 g/mol. The summed E-state index contributed by atoms with van der Waals surface area (Å²) in [6, 6.07) is 18.5. The first-order valence-electron chi connectivity index (χ1n) is 15.0. The molecule has 4 aromatic rings. The van der Waals surface area contributed by atoms with E-state index >= 15 is 0 Å². The van der Waals surface area contributed by atoms with E-state index in [2.05, 4.69) is 0 Å². The van der Waals surface area contributed by atoms with Gasteiger partial charge in [-0.05, 0) is 35.2 Å². The van der Waals surface area contributed by atoms with Gasteiger partial charge in [0.2, 0.25) is 13.1 Å². The van der Waals surface area contributed by atoms with Crippen molar-refractivity contribution in [2.45, 2.75) is 37.8 Å². The van der Waals surface area contributed by atoms with Crippen LogP contribution < -0.4 is 23.7 Å². The molecule has 0 amide bonds. The van der Waals surface area contributed by atoms with E-state index in [0.717, 1.165) is 5.56 Å². The van der Waals surface area contributed by atoms with Crippen LogP contribution in [0.15, 0.2) is 60.7 Å². The lowest BCUT2D eigenvalue weighted by Crippen LogP contribution is -2.47. The molecular weight excluding hydrogens is 612 g/mol. The number of methoxy groups -OCH3 is 2. The zero-order chi connectivity index (χ0) is 32.3. The third-order valence-corrected chi connectivity index (χ3v) is 8.77. The Bertz CT molecular complexity index is 1910. The van der Waals surface area contributed by atoms with Crippen molar-refractivity contribution in [3.05, 3.63) is 77.4 Å². The van der Waals surface area contributed by atoms with Gasteiger partial charge in [-0.1, -0.05) is 36.4 Å². The van der Waals surface area contributed by atoms with E-state index < -0.39 is 36.2 Å². The molecule has 2 fully saturated rings. The van der Waals surface area contributed by atoms with Crippen LogP contribution in [-0.4, -0.2) is 64.2 Å². The van der Waals surface area contributed by atoms with Gasteiger partial charge in [-0.15, -0.1) is 0 Å². The van der Waals surface area contributed by atoms with Crippen molar-refractivity contribution < 1.29 is 57.0 Å². The monoisotopic (exact) mass is 642 g/mol. The number of hydrogen-bond acceptors (Lipinski definition) is 12. The van der Waals surface area contributed by atoms with E-state index in [1.165, 1.54) is 6.92 Å². The molecule has 4 aliphatic heterocycles. The second kappa shape index (κ2) is 11.3. The van der Waals surface area contributed by atoms with E-state index in [1.54, 1.807) is 32.4 Å². The Hall–Kier alpha value is -5.04. The number of ether oxygens (including phenoxy) is 10. The number of carbonyl (C=O) groups is 2. The van der Waals surface area contributed by atoms with Gasteiger partial charge in [0, 0.05) is 29.0 Å². The van der Waals surface area contributed by atoms with Gasteiger partial charge < -0.3 is 47.4 Å². The number of carbonyl (C=O) groups excluding carboxylic acids is 2. The molecule has 0 radical (unpaired) electrons. The summed E-state index contributed by atoms with van der Waals surface area (Å²) in [5, 5.41) is 1.26. The van der Waals surface area contributed by atoms with Crippen LogP contribution in [-0.2, 0) is 35.1 Å². The summed E-state index contributed by atoms with van der Waals surface area (Å²) in [5.41, 5.74) is 1.85. The highest BCUT2D eigenvalue weighted by Gasteiger charge is 2.61. The molecule has 8 rings (SSSR count). The van der Waals surface area contributed by atoms with Crippen LogP contribution in [0.5, 0.6) is 28.7 Å². The van der Waals surface area contributed by atoms with Crippen LogP contribution in [0.2, 0.25) is 0 Å². The van der Waals surface area contributed by atoms with E-state index in [-0.39, 0.29) is 26.6 Å². The van der Waals surface area contributed by atoms with E-state index in [0.29, 0.717) is 61.8 Å². The predicted molar refractivity (Wildman–Crippen MR) is 163 cm³/mol. The number of cyclic esters (lactones) is 1. The summed E-state index contributed by atoms with van der Waals surface area (Å²) >= 11 is 0. The van der Waals surface area contributed by atoms with E-state index in [4.69, 9.17) is 47.4 Å². The average Bonchev–Trinajstić information content (AvgIpc) is 3.87. The first kappa shape index (κ1) is 29.4. The van der Waals surface area contributed by atoms with Crippen LogP contribution in [0.4, 0.5) is 0 Å². The Morgan fingerprint density at radius 2 is 1.68 bits per heavy atom. The lowest BCUT2D eigenvalue weighted by molar-refractivity contribution is -0.172. The maximum absolute atomic E-state index is 13.5. The quantitative estimate of drug-likeness (QED) is 0.238. The summed E-state index contributed by atoms with van der Waals surface area (Å²) < 4.78 is 59.3. The summed E-state index contributed by atoms with van der Waals surface area (Å²) in [7, 11) is 3.08. The summed E-state index contributed by atoms with van der Waals surface area (Å²) in [6.45, 7) is 1.32. The number of fused-ring (bicyclic) bond motifs is 4. The van der Waals surface area contributed by atoms with Crippen LogP contribution >= 0.6 is 0 Å². The number of benzene rings is 4. The van der Waals surface area contributed by atoms with Crippen LogP contribution in [0.3, 0.4) is 0 Å². The van der Waals surface area contributed by atoms with Crippen molar-refractivity contribution >= 4 is 22.7 Å². The first-order chi connectivity index (χ1) is 22.9. The van der Waals surface area contributed by atoms with E-state index in [1.807, 2.05) is 42.5 Å². The van der Waals surface area contributed by atoms with E-state index in [9.17, 15) is 9.59 Å². The lowest BCUT2D eigenvalue weighted by atomic mass is 9.89. The SMILES string of the molecule is COc1cc2c(O[C@@H]3OC[C@@]4(COC(C)=O)OC(c5ccccc5)O[C@@H]34)c3c(c(-c4ccc5c(c4)OCO5)c2cc1OC)C(=O)OC3. The van der Waals surface area contributed by atoms with Crippen molar-refractivity contribution in [1.29, 1.82) is 0 Å². The molecule has 4 atom stereocenters. The maximum Gasteiger partial charge on any atom is 0.339 e. The second-order valence-corrected chi connectivity index (χ2v) is 11.5. The Balaban J connectivity index is 1.27.